The number of esters is 1. The molecule has 27 heavy (non-hydrogen) atoms. The van der Waals surface area contributed by atoms with Gasteiger partial charge in [0.25, 0.3) is 0 Å². The number of thioether (sulfide) groups is 1. The molecule has 7 heteroatoms. The standard InChI is InChI=1S/C20H20FNO4S/c1-12-4-7-14(8-5-12)27-20(19(24)26-3)11-17(23)22-18(20)15-10-13(25-2)6-9-16(15)21/h4-10,18H,11H2,1-3H3,(H,22,23). The van der Waals surface area contributed by atoms with Crippen LogP contribution >= 0.6 is 11.8 Å². The number of carbonyl (C=O) groups excluding carboxylic acids is 2. The van der Waals surface area contributed by atoms with E-state index in [1.165, 1.54) is 44.2 Å². The van der Waals surface area contributed by atoms with E-state index in [9.17, 15) is 14.0 Å². The Balaban J connectivity index is 2.11. The van der Waals surface area contributed by atoms with Crippen molar-refractivity contribution >= 4 is 23.6 Å². The van der Waals surface area contributed by atoms with Crippen molar-refractivity contribution in [1.29, 1.82) is 0 Å². The minimum absolute atomic E-state index is 0.112. The Kier molecular flexibility index (Phi) is 5.41. The number of halogens is 1. The molecule has 1 aliphatic rings. The number of carbonyl (C=O) groups is 2. The van der Waals surface area contributed by atoms with E-state index in [-0.39, 0.29) is 17.9 Å². The van der Waals surface area contributed by atoms with Gasteiger partial charge in [-0.15, -0.1) is 11.8 Å². The van der Waals surface area contributed by atoms with Crippen LogP contribution in [-0.4, -0.2) is 30.8 Å². The maximum absolute atomic E-state index is 14.6. The monoisotopic (exact) mass is 389 g/mol. The summed E-state index contributed by atoms with van der Waals surface area (Å²) in [5.74, 6) is -1.02. The number of amides is 1. The molecule has 1 fully saturated rings. The van der Waals surface area contributed by atoms with Crippen LogP contribution in [0.1, 0.15) is 23.6 Å². The molecule has 0 aromatic heterocycles. The van der Waals surface area contributed by atoms with Crippen LogP contribution in [0.4, 0.5) is 4.39 Å². The summed E-state index contributed by atoms with van der Waals surface area (Å²) in [5.41, 5.74) is 1.26. The quantitative estimate of drug-likeness (QED) is 0.794. The van der Waals surface area contributed by atoms with Crippen molar-refractivity contribution in [2.24, 2.45) is 0 Å². The molecule has 2 unspecified atom stereocenters. The van der Waals surface area contributed by atoms with Crippen molar-refractivity contribution in [3.05, 3.63) is 59.4 Å². The number of methoxy groups -OCH3 is 2. The number of benzene rings is 2. The van der Waals surface area contributed by atoms with E-state index in [1.54, 1.807) is 0 Å². The summed E-state index contributed by atoms with van der Waals surface area (Å²) in [5, 5.41) is 2.74. The lowest BCUT2D eigenvalue weighted by Gasteiger charge is -2.31. The molecule has 1 aliphatic heterocycles. The normalized spacial score (nSPS) is 21.6. The zero-order valence-electron chi connectivity index (χ0n) is 15.2. The summed E-state index contributed by atoms with van der Waals surface area (Å²) in [4.78, 5) is 25.9. The average Bonchev–Trinajstić information content (AvgIpc) is 3.00. The fraction of sp³-hybridized carbons (Fsp3) is 0.300. The van der Waals surface area contributed by atoms with Crippen LogP contribution in [-0.2, 0) is 14.3 Å². The number of aryl methyl sites for hydroxylation is 1. The Morgan fingerprint density at radius 3 is 2.56 bits per heavy atom. The maximum atomic E-state index is 14.6. The molecule has 2 aromatic carbocycles. The third-order valence-electron chi connectivity index (χ3n) is 4.56. The first-order valence-electron chi connectivity index (χ1n) is 8.36. The smallest absolute Gasteiger partial charge is 0.325 e. The minimum atomic E-state index is -1.33. The van der Waals surface area contributed by atoms with Gasteiger partial charge in [-0.05, 0) is 37.3 Å². The zero-order valence-corrected chi connectivity index (χ0v) is 16.1. The topological polar surface area (TPSA) is 64.6 Å². The summed E-state index contributed by atoms with van der Waals surface area (Å²) < 4.78 is 23.5. The molecule has 0 saturated carbocycles. The van der Waals surface area contributed by atoms with Gasteiger partial charge in [0.1, 0.15) is 11.6 Å². The lowest BCUT2D eigenvalue weighted by atomic mass is 9.92. The summed E-state index contributed by atoms with van der Waals surface area (Å²) in [6.45, 7) is 1.96. The Hall–Kier alpha value is -2.54. The fourth-order valence-corrected chi connectivity index (χ4v) is 4.55. The van der Waals surface area contributed by atoms with Crippen molar-refractivity contribution in [3.63, 3.8) is 0 Å². The van der Waals surface area contributed by atoms with Crippen LogP contribution in [0.3, 0.4) is 0 Å². The third-order valence-corrected chi connectivity index (χ3v) is 5.98. The molecule has 2 aromatic rings. The van der Waals surface area contributed by atoms with E-state index < -0.39 is 22.6 Å². The highest BCUT2D eigenvalue weighted by Gasteiger charge is 2.56. The van der Waals surface area contributed by atoms with Crippen LogP contribution in [0, 0.1) is 12.7 Å². The number of hydrogen-bond acceptors (Lipinski definition) is 5. The fourth-order valence-electron chi connectivity index (χ4n) is 3.18. The van der Waals surface area contributed by atoms with E-state index in [0.29, 0.717) is 5.75 Å². The van der Waals surface area contributed by atoms with Gasteiger partial charge in [-0.25, -0.2) is 4.39 Å². The molecule has 0 aliphatic carbocycles. The third kappa shape index (κ3) is 3.64. The van der Waals surface area contributed by atoms with Crippen molar-refractivity contribution in [3.8, 4) is 5.75 Å². The van der Waals surface area contributed by atoms with Gasteiger partial charge in [-0.2, -0.15) is 0 Å². The Morgan fingerprint density at radius 1 is 1.22 bits per heavy atom. The summed E-state index contributed by atoms with van der Waals surface area (Å²) in [6.07, 6.45) is -0.112. The largest absolute Gasteiger partial charge is 0.497 e. The highest BCUT2D eigenvalue weighted by Crippen LogP contribution is 2.49. The highest BCUT2D eigenvalue weighted by atomic mass is 32.2. The Labute approximate surface area is 161 Å². The van der Waals surface area contributed by atoms with E-state index >= 15 is 0 Å². The molecule has 2 atom stereocenters. The van der Waals surface area contributed by atoms with Crippen LogP contribution < -0.4 is 10.1 Å². The first-order valence-corrected chi connectivity index (χ1v) is 9.18. The number of nitrogens with one attached hydrogen (secondary N) is 1. The highest BCUT2D eigenvalue weighted by molar-refractivity contribution is 8.01. The first kappa shape index (κ1) is 19.2. The summed E-state index contributed by atoms with van der Waals surface area (Å²) >= 11 is 1.20. The van der Waals surface area contributed by atoms with Crippen molar-refractivity contribution in [1.82, 2.24) is 5.32 Å². The van der Waals surface area contributed by atoms with Gasteiger partial charge in [-0.1, -0.05) is 17.7 Å². The van der Waals surface area contributed by atoms with Crippen LogP contribution in [0.25, 0.3) is 0 Å². The minimum Gasteiger partial charge on any atom is -0.497 e. The molecule has 0 radical (unpaired) electrons. The first-order chi connectivity index (χ1) is 12.9. The molecular weight excluding hydrogens is 369 g/mol. The number of rotatable bonds is 5. The zero-order chi connectivity index (χ0) is 19.6. The van der Waals surface area contributed by atoms with E-state index in [0.717, 1.165) is 10.5 Å². The molecular formula is C20H20FNO4S. The van der Waals surface area contributed by atoms with Gasteiger partial charge >= 0.3 is 5.97 Å². The van der Waals surface area contributed by atoms with Crippen molar-refractivity contribution < 1.29 is 23.5 Å². The molecule has 142 valence electrons. The van der Waals surface area contributed by atoms with Crippen LogP contribution in [0.15, 0.2) is 47.4 Å². The molecule has 1 amide bonds. The molecule has 3 rings (SSSR count). The van der Waals surface area contributed by atoms with E-state index in [2.05, 4.69) is 5.32 Å². The lowest BCUT2D eigenvalue weighted by Crippen LogP contribution is -2.41. The van der Waals surface area contributed by atoms with Crippen LogP contribution in [0.5, 0.6) is 5.75 Å². The summed E-state index contributed by atoms with van der Waals surface area (Å²) in [6, 6.07) is 10.9. The predicted octanol–water partition coefficient (Wildman–Crippen LogP) is 3.41. The van der Waals surface area contributed by atoms with Crippen molar-refractivity contribution in [2.75, 3.05) is 14.2 Å². The van der Waals surface area contributed by atoms with Gasteiger partial charge in [0.15, 0.2) is 4.75 Å². The number of ether oxygens (including phenoxy) is 2. The molecule has 1 saturated heterocycles. The number of hydrogen-bond donors (Lipinski definition) is 1. The average molecular weight is 389 g/mol. The Bertz CT molecular complexity index is 871. The van der Waals surface area contributed by atoms with Gasteiger partial charge in [0, 0.05) is 10.5 Å². The second kappa shape index (κ2) is 7.60. The molecule has 1 N–H and O–H groups in total. The van der Waals surface area contributed by atoms with E-state index in [1.807, 2.05) is 31.2 Å². The lowest BCUT2D eigenvalue weighted by molar-refractivity contribution is -0.144. The van der Waals surface area contributed by atoms with Crippen molar-refractivity contribution in [2.45, 2.75) is 29.0 Å². The van der Waals surface area contributed by atoms with Crippen LogP contribution in [0.2, 0.25) is 0 Å². The van der Waals surface area contributed by atoms with Gasteiger partial charge < -0.3 is 14.8 Å². The summed E-state index contributed by atoms with van der Waals surface area (Å²) in [7, 11) is 2.74. The van der Waals surface area contributed by atoms with Gasteiger partial charge in [0.2, 0.25) is 5.91 Å². The molecule has 1 heterocycles. The van der Waals surface area contributed by atoms with E-state index in [4.69, 9.17) is 9.47 Å². The molecule has 5 nitrogen and oxygen atoms in total. The second-order valence-corrected chi connectivity index (χ2v) is 7.76. The molecule has 0 bridgehead atoms. The predicted molar refractivity (Wildman–Crippen MR) is 100 cm³/mol. The molecule has 0 spiro atoms. The maximum Gasteiger partial charge on any atom is 0.325 e. The van der Waals surface area contributed by atoms with Gasteiger partial charge in [0.05, 0.1) is 26.7 Å². The second-order valence-electron chi connectivity index (χ2n) is 6.36. The SMILES string of the molecule is COC(=O)C1(Sc2ccc(C)cc2)CC(=O)NC1c1cc(OC)ccc1F. The van der Waals surface area contributed by atoms with Gasteiger partial charge in [-0.3, -0.25) is 9.59 Å². The Morgan fingerprint density at radius 2 is 1.93 bits per heavy atom.